The van der Waals surface area contributed by atoms with E-state index in [9.17, 15) is 18.0 Å². The molecule has 1 rings (SSSR count). The quantitative estimate of drug-likeness (QED) is 0.761. The van der Waals surface area contributed by atoms with Gasteiger partial charge in [0.1, 0.15) is 5.75 Å². The average molecular weight is 305 g/mol. The molecule has 1 aliphatic rings. The number of rotatable bonds is 6. The Morgan fingerprint density at radius 3 is 2.20 bits per heavy atom. The molecule has 2 N–H and O–H groups in total. The molecule has 0 heterocycles. The van der Waals surface area contributed by atoms with Crippen LogP contribution in [0.25, 0.3) is 0 Å². The van der Waals surface area contributed by atoms with E-state index in [-0.39, 0.29) is 6.04 Å². The van der Waals surface area contributed by atoms with E-state index in [2.05, 4.69) is 5.32 Å². The van der Waals surface area contributed by atoms with Gasteiger partial charge in [-0.2, -0.15) is 0 Å². The molecule has 0 aliphatic heterocycles. The van der Waals surface area contributed by atoms with Crippen molar-refractivity contribution >= 4 is 21.7 Å². The summed E-state index contributed by atoms with van der Waals surface area (Å²) in [5.74, 6) is -3.31. The minimum absolute atomic E-state index is 0.0220. The SMILES string of the molecule is CC(C)C(C(=O)O)S(=O)(=O)CC(=O)NC1CCCCC1. The Bertz CT molecular complexity index is 451. The van der Waals surface area contributed by atoms with Crippen LogP contribution in [0.15, 0.2) is 0 Å². The largest absolute Gasteiger partial charge is 0.480 e. The zero-order valence-electron chi connectivity index (χ0n) is 12.0. The Hall–Kier alpha value is -1.11. The number of hydrogen-bond acceptors (Lipinski definition) is 4. The van der Waals surface area contributed by atoms with Crippen LogP contribution >= 0.6 is 0 Å². The third kappa shape index (κ3) is 4.77. The predicted octanol–water partition coefficient (Wildman–Crippen LogP) is 0.959. The number of carboxylic acid groups (broad SMARTS) is 1. The van der Waals surface area contributed by atoms with Gasteiger partial charge in [-0.05, 0) is 18.8 Å². The van der Waals surface area contributed by atoms with Gasteiger partial charge in [0.2, 0.25) is 5.91 Å². The molecule has 0 radical (unpaired) electrons. The van der Waals surface area contributed by atoms with Gasteiger partial charge in [0, 0.05) is 6.04 Å². The minimum Gasteiger partial charge on any atom is -0.480 e. The first-order chi connectivity index (χ1) is 9.24. The molecule has 0 saturated heterocycles. The van der Waals surface area contributed by atoms with Crippen molar-refractivity contribution in [2.24, 2.45) is 5.92 Å². The third-order valence-electron chi connectivity index (χ3n) is 3.54. The average Bonchev–Trinajstić information content (AvgIpc) is 2.26. The standard InChI is InChI=1S/C13H23NO5S/c1-9(2)12(13(16)17)20(18,19)8-11(15)14-10-6-4-3-5-7-10/h9-10,12H,3-8H2,1-2H3,(H,14,15)(H,16,17). The van der Waals surface area contributed by atoms with Crippen molar-refractivity contribution in [3.8, 4) is 0 Å². The van der Waals surface area contributed by atoms with Crippen LogP contribution in [0.1, 0.15) is 46.0 Å². The monoisotopic (exact) mass is 305 g/mol. The summed E-state index contributed by atoms with van der Waals surface area (Å²) in [7, 11) is -3.98. The second-order valence-electron chi connectivity index (χ2n) is 5.71. The van der Waals surface area contributed by atoms with E-state index in [1.54, 1.807) is 0 Å². The zero-order valence-corrected chi connectivity index (χ0v) is 12.8. The van der Waals surface area contributed by atoms with Crippen molar-refractivity contribution in [3.05, 3.63) is 0 Å². The van der Waals surface area contributed by atoms with Crippen molar-refractivity contribution in [1.29, 1.82) is 0 Å². The van der Waals surface area contributed by atoms with Gasteiger partial charge < -0.3 is 10.4 Å². The first-order valence-corrected chi connectivity index (χ1v) is 8.69. The number of carbonyl (C=O) groups is 2. The van der Waals surface area contributed by atoms with E-state index in [1.165, 1.54) is 13.8 Å². The van der Waals surface area contributed by atoms with Gasteiger partial charge in [-0.25, -0.2) is 8.42 Å². The molecule has 1 unspecified atom stereocenters. The summed E-state index contributed by atoms with van der Waals surface area (Å²) in [6.45, 7) is 3.05. The molecule has 0 spiro atoms. The molecule has 7 heteroatoms. The van der Waals surface area contributed by atoms with E-state index >= 15 is 0 Å². The van der Waals surface area contributed by atoms with Crippen LogP contribution in [0.5, 0.6) is 0 Å². The van der Waals surface area contributed by atoms with Crippen LogP contribution in [0.2, 0.25) is 0 Å². The highest BCUT2D eigenvalue weighted by Crippen LogP contribution is 2.18. The molecular formula is C13H23NO5S. The topological polar surface area (TPSA) is 101 Å². The summed E-state index contributed by atoms with van der Waals surface area (Å²) < 4.78 is 24.0. The Labute approximate surface area is 119 Å². The van der Waals surface area contributed by atoms with Crippen LogP contribution in [-0.4, -0.2) is 42.4 Å². The molecule has 1 saturated carbocycles. The molecule has 0 aromatic carbocycles. The van der Waals surface area contributed by atoms with Gasteiger partial charge in [-0.3, -0.25) is 9.59 Å². The Kier molecular flexibility index (Phi) is 5.98. The Balaban J connectivity index is 2.64. The highest BCUT2D eigenvalue weighted by Gasteiger charge is 2.37. The normalized spacial score (nSPS) is 18.8. The lowest BCUT2D eigenvalue weighted by atomic mass is 9.95. The van der Waals surface area contributed by atoms with E-state index in [1.807, 2.05) is 0 Å². The number of sulfone groups is 1. The van der Waals surface area contributed by atoms with Gasteiger partial charge in [0.25, 0.3) is 0 Å². The van der Waals surface area contributed by atoms with Crippen LogP contribution in [0, 0.1) is 5.92 Å². The highest BCUT2D eigenvalue weighted by atomic mass is 32.2. The first kappa shape index (κ1) is 16.9. The molecule has 6 nitrogen and oxygen atoms in total. The van der Waals surface area contributed by atoms with Gasteiger partial charge >= 0.3 is 5.97 Å². The number of carbonyl (C=O) groups excluding carboxylic acids is 1. The lowest BCUT2D eigenvalue weighted by Gasteiger charge is -2.23. The summed E-state index contributed by atoms with van der Waals surface area (Å²) in [5.41, 5.74) is 0. The third-order valence-corrected chi connectivity index (χ3v) is 5.72. The lowest BCUT2D eigenvalue weighted by Crippen LogP contribution is -2.44. The van der Waals surface area contributed by atoms with Crippen LogP contribution in [0.4, 0.5) is 0 Å². The molecule has 20 heavy (non-hydrogen) atoms. The van der Waals surface area contributed by atoms with Gasteiger partial charge in [0.05, 0.1) is 0 Å². The second-order valence-corrected chi connectivity index (χ2v) is 7.83. The smallest absolute Gasteiger partial charge is 0.322 e. The van der Waals surface area contributed by atoms with Crippen molar-refractivity contribution in [1.82, 2.24) is 5.32 Å². The summed E-state index contributed by atoms with van der Waals surface area (Å²) in [5, 5.41) is 10.2. The summed E-state index contributed by atoms with van der Waals surface area (Å²) in [6, 6.07) is 0.0220. The van der Waals surface area contributed by atoms with Gasteiger partial charge in [-0.1, -0.05) is 33.1 Å². The van der Waals surface area contributed by atoms with Crippen molar-refractivity contribution in [2.75, 3.05) is 5.75 Å². The molecule has 1 fully saturated rings. The van der Waals surface area contributed by atoms with E-state index in [4.69, 9.17) is 5.11 Å². The fourth-order valence-electron chi connectivity index (χ4n) is 2.64. The molecule has 0 aromatic heterocycles. The van der Waals surface area contributed by atoms with E-state index in [0.717, 1.165) is 32.1 Å². The molecule has 1 aliphatic carbocycles. The van der Waals surface area contributed by atoms with Crippen molar-refractivity contribution < 1.29 is 23.1 Å². The maximum atomic E-state index is 12.0. The lowest BCUT2D eigenvalue weighted by molar-refractivity contribution is -0.137. The second kappa shape index (κ2) is 7.06. The fourth-order valence-corrected chi connectivity index (χ4v) is 4.41. The number of nitrogens with one attached hydrogen (secondary N) is 1. The zero-order chi connectivity index (χ0) is 15.3. The number of aliphatic carboxylic acids is 1. The summed E-state index contributed by atoms with van der Waals surface area (Å²) in [6.07, 6.45) is 4.92. The number of amides is 1. The fraction of sp³-hybridized carbons (Fsp3) is 0.846. The Morgan fingerprint density at radius 1 is 1.20 bits per heavy atom. The summed E-state index contributed by atoms with van der Waals surface area (Å²) in [4.78, 5) is 22.8. The molecule has 0 aromatic rings. The molecule has 116 valence electrons. The van der Waals surface area contributed by atoms with E-state index in [0.29, 0.717) is 0 Å². The molecular weight excluding hydrogens is 282 g/mol. The minimum atomic E-state index is -3.98. The van der Waals surface area contributed by atoms with Crippen LogP contribution in [0.3, 0.4) is 0 Å². The maximum absolute atomic E-state index is 12.0. The van der Waals surface area contributed by atoms with Gasteiger partial charge in [0.15, 0.2) is 15.1 Å². The summed E-state index contributed by atoms with van der Waals surface area (Å²) >= 11 is 0. The number of carboxylic acids is 1. The molecule has 0 bridgehead atoms. The first-order valence-electron chi connectivity index (χ1n) is 6.97. The predicted molar refractivity (Wildman–Crippen MR) is 75.1 cm³/mol. The van der Waals surface area contributed by atoms with Crippen LogP contribution in [-0.2, 0) is 19.4 Å². The van der Waals surface area contributed by atoms with Crippen molar-refractivity contribution in [3.63, 3.8) is 0 Å². The molecule has 1 atom stereocenters. The maximum Gasteiger partial charge on any atom is 0.322 e. The van der Waals surface area contributed by atoms with Crippen molar-refractivity contribution in [2.45, 2.75) is 57.2 Å². The van der Waals surface area contributed by atoms with Gasteiger partial charge in [-0.15, -0.1) is 0 Å². The highest BCUT2D eigenvalue weighted by molar-refractivity contribution is 7.93. The Morgan fingerprint density at radius 2 is 1.75 bits per heavy atom. The van der Waals surface area contributed by atoms with E-state index < -0.39 is 38.6 Å². The number of hydrogen-bond donors (Lipinski definition) is 2. The van der Waals surface area contributed by atoms with Crippen LogP contribution < -0.4 is 5.32 Å². The molecule has 1 amide bonds.